The Bertz CT molecular complexity index is 1070. The summed E-state index contributed by atoms with van der Waals surface area (Å²) >= 11 is 0. The topological polar surface area (TPSA) is 57.6 Å². The minimum Gasteiger partial charge on any atom is -0.481 e. The zero-order valence-electron chi connectivity index (χ0n) is 16.1. The van der Waals surface area contributed by atoms with Gasteiger partial charge in [-0.05, 0) is 28.8 Å². The average molecular weight is 385 g/mol. The van der Waals surface area contributed by atoms with Crippen molar-refractivity contribution >= 4 is 22.6 Å². The van der Waals surface area contributed by atoms with Crippen LogP contribution in [0.3, 0.4) is 0 Å². The molecule has 1 N–H and O–H groups in total. The maximum Gasteiger partial charge on any atom is 0.304 e. The van der Waals surface area contributed by atoms with Crippen LogP contribution in [0.1, 0.15) is 34.7 Å². The molecule has 0 aliphatic carbocycles. The number of hydrogen-bond donors (Lipinski definition) is 1. The molecule has 1 unspecified atom stereocenters. The second-order valence-electron chi connectivity index (χ2n) is 7.37. The minimum absolute atomic E-state index is 0.0200. The van der Waals surface area contributed by atoms with E-state index < -0.39 is 5.97 Å². The summed E-state index contributed by atoms with van der Waals surface area (Å²) in [5, 5.41) is 11.4. The van der Waals surface area contributed by atoms with Crippen molar-refractivity contribution in [3.8, 4) is 0 Å². The molecule has 0 saturated heterocycles. The van der Waals surface area contributed by atoms with Crippen molar-refractivity contribution in [2.24, 2.45) is 0 Å². The van der Waals surface area contributed by atoms with Crippen LogP contribution in [0.2, 0.25) is 0 Å². The number of carbonyl (C=O) groups is 2. The number of aliphatic carboxylic acids is 1. The molecule has 1 heterocycles. The van der Waals surface area contributed by atoms with Crippen LogP contribution in [0.5, 0.6) is 0 Å². The smallest absolute Gasteiger partial charge is 0.304 e. The summed E-state index contributed by atoms with van der Waals surface area (Å²) in [6.45, 7) is 1.09. The van der Waals surface area contributed by atoms with Gasteiger partial charge < -0.3 is 10.0 Å². The summed E-state index contributed by atoms with van der Waals surface area (Å²) in [6, 6.07) is 23.5. The average Bonchev–Trinajstić information content (AvgIpc) is 2.77. The number of fused-ring (bicyclic) bond motifs is 1. The Morgan fingerprint density at radius 1 is 0.931 bits per heavy atom. The predicted octanol–water partition coefficient (Wildman–Crippen LogP) is 4.87. The third-order valence-corrected chi connectivity index (χ3v) is 5.58. The maximum atomic E-state index is 13.1. The Kier molecular flexibility index (Phi) is 5.43. The Morgan fingerprint density at radius 2 is 1.66 bits per heavy atom. The van der Waals surface area contributed by atoms with E-state index in [0.29, 0.717) is 25.1 Å². The summed E-state index contributed by atoms with van der Waals surface area (Å²) in [7, 11) is 0. The lowest BCUT2D eigenvalue weighted by Crippen LogP contribution is -2.35. The molecule has 3 aromatic carbocycles. The first-order chi connectivity index (χ1) is 14.1. The Morgan fingerprint density at radius 3 is 2.38 bits per heavy atom. The van der Waals surface area contributed by atoms with Crippen molar-refractivity contribution in [3.63, 3.8) is 0 Å². The van der Waals surface area contributed by atoms with Gasteiger partial charge in [0.15, 0.2) is 0 Å². The summed E-state index contributed by atoms with van der Waals surface area (Å²) in [6.07, 6.45) is 2.78. The van der Waals surface area contributed by atoms with Crippen LogP contribution in [-0.4, -0.2) is 35.0 Å². The van der Waals surface area contributed by atoms with Crippen LogP contribution in [0.4, 0.5) is 0 Å². The molecule has 146 valence electrons. The standard InChI is InChI=1S/C25H23NO3/c27-24(28)17-23(19-7-2-1-3-8-19)20-13-15-26(16-14-20)25(29)22-12-6-10-18-9-4-5-11-21(18)22/h1-13,23H,14-17H2,(H,27,28). The van der Waals surface area contributed by atoms with Crippen molar-refractivity contribution in [1.82, 2.24) is 4.90 Å². The minimum atomic E-state index is -0.811. The van der Waals surface area contributed by atoms with Gasteiger partial charge in [0.05, 0.1) is 6.42 Å². The van der Waals surface area contributed by atoms with E-state index >= 15 is 0 Å². The zero-order valence-corrected chi connectivity index (χ0v) is 16.1. The highest BCUT2D eigenvalue weighted by Crippen LogP contribution is 2.32. The third kappa shape index (κ3) is 4.06. The first kappa shape index (κ1) is 18.9. The number of amides is 1. The van der Waals surface area contributed by atoms with Gasteiger partial charge in [0.1, 0.15) is 0 Å². The first-order valence-electron chi connectivity index (χ1n) is 9.86. The Hall–Kier alpha value is -3.40. The van der Waals surface area contributed by atoms with Gasteiger partial charge in [-0.2, -0.15) is 0 Å². The van der Waals surface area contributed by atoms with Crippen LogP contribution in [0.15, 0.2) is 84.4 Å². The first-order valence-corrected chi connectivity index (χ1v) is 9.86. The number of hydrogen-bond acceptors (Lipinski definition) is 2. The summed E-state index contributed by atoms with van der Waals surface area (Å²) in [4.78, 5) is 26.4. The molecule has 0 radical (unpaired) electrons. The van der Waals surface area contributed by atoms with Gasteiger partial charge in [0.25, 0.3) is 5.91 Å². The largest absolute Gasteiger partial charge is 0.481 e. The van der Waals surface area contributed by atoms with Crippen LogP contribution < -0.4 is 0 Å². The third-order valence-electron chi connectivity index (χ3n) is 5.58. The second kappa shape index (κ2) is 8.31. The molecule has 4 rings (SSSR count). The summed E-state index contributed by atoms with van der Waals surface area (Å²) < 4.78 is 0. The van der Waals surface area contributed by atoms with Gasteiger partial charge in [-0.25, -0.2) is 0 Å². The molecule has 0 fully saturated rings. The molecule has 0 aromatic heterocycles. The van der Waals surface area contributed by atoms with E-state index in [0.717, 1.165) is 21.9 Å². The van der Waals surface area contributed by atoms with Crippen molar-refractivity contribution in [1.29, 1.82) is 0 Å². The maximum absolute atomic E-state index is 13.1. The lowest BCUT2D eigenvalue weighted by atomic mass is 9.85. The second-order valence-corrected chi connectivity index (χ2v) is 7.37. The number of nitrogens with zero attached hydrogens (tertiary/aromatic N) is 1. The van der Waals surface area contributed by atoms with Gasteiger partial charge in [-0.1, -0.05) is 78.4 Å². The lowest BCUT2D eigenvalue weighted by molar-refractivity contribution is -0.137. The number of benzene rings is 3. The van der Waals surface area contributed by atoms with E-state index in [1.807, 2.05) is 83.8 Å². The summed E-state index contributed by atoms with van der Waals surface area (Å²) in [5.74, 6) is -0.941. The fraction of sp³-hybridized carbons (Fsp3) is 0.200. The van der Waals surface area contributed by atoms with E-state index in [1.54, 1.807) is 0 Å². The molecule has 4 nitrogen and oxygen atoms in total. The van der Waals surface area contributed by atoms with Gasteiger partial charge in [-0.15, -0.1) is 0 Å². The fourth-order valence-corrected chi connectivity index (χ4v) is 4.09. The zero-order chi connectivity index (χ0) is 20.2. The quantitative estimate of drug-likeness (QED) is 0.638. The molecule has 0 saturated carbocycles. The van der Waals surface area contributed by atoms with Crippen LogP contribution in [0.25, 0.3) is 10.8 Å². The van der Waals surface area contributed by atoms with Crippen molar-refractivity contribution in [2.45, 2.75) is 18.8 Å². The predicted molar refractivity (Wildman–Crippen MR) is 114 cm³/mol. The van der Waals surface area contributed by atoms with Gasteiger partial charge in [-0.3, -0.25) is 9.59 Å². The molecule has 0 bridgehead atoms. The van der Waals surface area contributed by atoms with E-state index in [2.05, 4.69) is 0 Å². The van der Waals surface area contributed by atoms with E-state index in [4.69, 9.17) is 0 Å². The van der Waals surface area contributed by atoms with Crippen molar-refractivity contribution in [3.05, 3.63) is 95.6 Å². The highest BCUT2D eigenvalue weighted by molar-refractivity contribution is 6.07. The van der Waals surface area contributed by atoms with Crippen molar-refractivity contribution in [2.75, 3.05) is 13.1 Å². The van der Waals surface area contributed by atoms with Gasteiger partial charge in [0.2, 0.25) is 0 Å². The normalized spacial score (nSPS) is 15.0. The van der Waals surface area contributed by atoms with Crippen LogP contribution in [0, 0.1) is 0 Å². The SMILES string of the molecule is O=C(O)CC(C1=CCN(C(=O)c2cccc3ccccc23)CC1)c1ccccc1. The molecule has 0 spiro atoms. The number of rotatable bonds is 5. The summed E-state index contributed by atoms with van der Waals surface area (Å²) in [5.41, 5.74) is 2.82. The van der Waals surface area contributed by atoms with Gasteiger partial charge >= 0.3 is 5.97 Å². The van der Waals surface area contributed by atoms with E-state index in [-0.39, 0.29) is 18.2 Å². The van der Waals surface area contributed by atoms with Crippen LogP contribution >= 0.6 is 0 Å². The Balaban J connectivity index is 1.56. The van der Waals surface area contributed by atoms with Gasteiger partial charge in [0, 0.05) is 24.6 Å². The highest BCUT2D eigenvalue weighted by Gasteiger charge is 2.25. The van der Waals surface area contributed by atoms with E-state index in [1.165, 1.54) is 0 Å². The Labute approximate surface area is 170 Å². The van der Waals surface area contributed by atoms with Crippen molar-refractivity contribution < 1.29 is 14.7 Å². The molecule has 1 amide bonds. The lowest BCUT2D eigenvalue weighted by Gasteiger charge is -2.30. The fourth-order valence-electron chi connectivity index (χ4n) is 4.09. The molecule has 4 heteroatoms. The monoisotopic (exact) mass is 385 g/mol. The molecular formula is C25H23NO3. The number of carboxylic acid groups (broad SMARTS) is 1. The molecule has 3 aromatic rings. The number of carbonyl (C=O) groups excluding carboxylic acids is 1. The molecule has 1 aliphatic rings. The molecule has 1 aliphatic heterocycles. The molecular weight excluding hydrogens is 362 g/mol. The molecule has 1 atom stereocenters. The molecule has 29 heavy (non-hydrogen) atoms. The van der Waals surface area contributed by atoms with E-state index in [9.17, 15) is 14.7 Å². The van der Waals surface area contributed by atoms with Crippen LogP contribution in [-0.2, 0) is 4.79 Å². The highest BCUT2D eigenvalue weighted by atomic mass is 16.4. The number of carboxylic acids is 1.